The summed E-state index contributed by atoms with van der Waals surface area (Å²) in [5.74, 6) is 0.733. The molecule has 0 aliphatic heterocycles. The van der Waals surface area contributed by atoms with Crippen LogP contribution >= 0.6 is 0 Å². The van der Waals surface area contributed by atoms with Gasteiger partial charge < -0.3 is 0 Å². The number of benzene rings is 2. The summed E-state index contributed by atoms with van der Waals surface area (Å²) in [6.45, 7) is 5.90. The Hall–Kier alpha value is -3.79. The van der Waals surface area contributed by atoms with E-state index in [1.165, 1.54) is 0 Å². The molecule has 10 heteroatoms. The van der Waals surface area contributed by atoms with Crippen molar-refractivity contribution in [3.05, 3.63) is 81.7 Å². The molecule has 0 aliphatic rings. The molecule has 0 saturated heterocycles. The summed E-state index contributed by atoms with van der Waals surface area (Å²) in [4.78, 5) is 23.2. The smallest absolute Gasteiger partial charge is 0.296 e. The van der Waals surface area contributed by atoms with Gasteiger partial charge in [-0.15, -0.1) is 0 Å². The van der Waals surface area contributed by atoms with Crippen molar-refractivity contribution in [1.29, 1.82) is 0 Å². The Balaban J connectivity index is 1.64. The van der Waals surface area contributed by atoms with Crippen molar-refractivity contribution < 1.29 is 12.9 Å². The molecule has 2 N–H and O–H groups in total. The van der Waals surface area contributed by atoms with Gasteiger partial charge in [-0.2, -0.15) is 0 Å². The molecular formula is C28H33N5O4S. The molecule has 0 bridgehead atoms. The largest absolute Gasteiger partial charge is 0.439 e. The first-order chi connectivity index (χ1) is 18.3. The van der Waals surface area contributed by atoms with E-state index in [0.717, 1.165) is 59.2 Å². The van der Waals surface area contributed by atoms with E-state index in [2.05, 4.69) is 36.3 Å². The van der Waals surface area contributed by atoms with Crippen LogP contribution in [0.2, 0.25) is 0 Å². The molecule has 0 aliphatic carbocycles. The van der Waals surface area contributed by atoms with Crippen LogP contribution in [0, 0.1) is 6.92 Å². The van der Waals surface area contributed by atoms with Crippen LogP contribution in [0.4, 0.5) is 5.82 Å². The molecule has 38 heavy (non-hydrogen) atoms. The SMILES string of the molecule is CCCCCS(=O)(=O)Nc1nc(C)nc(CCC)c1Cc1ccc(-c2ccccc2-c2noc(=O)[nH]2)cc1. The molecule has 2 aromatic carbocycles. The molecule has 4 rings (SSSR count). The first kappa shape index (κ1) is 27.3. The van der Waals surface area contributed by atoms with E-state index in [1.807, 2.05) is 55.5 Å². The van der Waals surface area contributed by atoms with Gasteiger partial charge in [0.2, 0.25) is 10.0 Å². The number of hydrogen-bond donors (Lipinski definition) is 2. The molecule has 0 amide bonds. The van der Waals surface area contributed by atoms with Crippen LogP contribution in [0.3, 0.4) is 0 Å². The lowest BCUT2D eigenvalue weighted by Crippen LogP contribution is -2.20. The minimum Gasteiger partial charge on any atom is -0.296 e. The second-order valence-electron chi connectivity index (χ2n) is 9.29. The summed E-state index contributed by atoms with van der Waals surface area (Å²) < 4.78 is 33.0. The van der Waals surface area contributed by atoms with Gasteiger partial charge in [-0.25, -0.2) is 23.2 Å². The Morgan fingerprint density at radius 1 is 0.947 bits per heavy atom. The van der Waals surface area contributed by atoms with E-state index in [4.69, 9.17) is 0 Å². The number of hydrogen-bond acceptors (Lipinski definition) is 7. The predicted molar refractivity (Wildman–Crippen MR) is 149 cm³/mol. The molecule has 0 atom stereocenters. The molecule has 0 unspecified atom stereocenters. The highest BCUT2D eigenvalue weighted by molar-refractivity contribution is 7.92. The van der Waals surface area contributed by atoms with Gasteiger partial charge in [0, 0.05) is 23.2 Å². The van der Waals surface area contributed by atoms with Crippen LogP contribution < -0.4 is 10.5 Å². The molecule has 0 fully saturated rings. The first-order valence-electron chi connectivity index (χ1n) is 12.9. The third-order valence-electron chi connectivity index (χ3n) is 6.23. The maximum absolute atomic E-state index is 12.8. The number of anilines is 1. The topological polar surface area (TPSA) is 131 Å². The Morgan fingerprint density at radius 2 is 1.68 bits per heavy atom. The van der Waals surface area contributed by atoms with Crippen molar-refractivity contribution in [2.75, 3.05) is 10.5 Å². The van der Waals surface area contributed by atoms with Gasteiger partial charge in [-0.05, 0) is 36.5 Å². The van der Waals surface area contributed by atoms with Crippen LogP contribution in [0.15, 0.2) is 57.8 Å². The van der Waals surface area contributed by atoms with Crippen molar-refractivity contribution in [3.8, 4) is 22.5 Å². The van der Waals surface area contributed by atoms with Gasteiger partial charge >= 0.3 is 5.76 Å². The third kappa shape index (κ3) is 6.74. The highest BCUT2D eigenvalue weighted by atomic mass is 32.2. The zero-order valence-corrected chi connectivity index (χ0v) is 22.8. The molecule has 2 aromatic heterocycles. The monoisotopic (exact) mass is 535 g/mol. The fourth-order valence-electron chi connectivity index (χ4n) is 4.40. The third-order valence-corrected chi connectivity index (χ3v) is 7.56. The van der Waals surface area contributed by atoms with Crippen molar-refractivity contribution in [2.24, 2.45) is 0 Å². The second-order valence-corrected chi connectivity index (χ2v) is 11.1. The minimum absolute atomic E-state index is 0.0668. The first-order valence-corrected chi connectivity index (χ1v) is 14.6. The van der Waals surface area contributed by atoms with Crippen molar-refractivity contribution in [3.63, 3.8) is 0 Å². The second kappa shape index (κ2) is 12.2. The molecule has 0 spiro atoms. The van der Waals surface area contributed by atoms with Gasteiger partial charge in [0.15, 0.2) is 5.82 Å². The molecule has 4 aromatic rings. The van der Waals surface area contributed by atoms with Gasteiger partial charge in [0.25, 0.3) is 0 Å². The number of nitrogens with zero attached hydrogens (tertiary/aromatic N) is 3. The number of sulfonamides is 1. The summed E-state index contributed by atoms with van der Waals surface area (Å²) in [6, 6.07) is 15.6. The van der Waals surface area contributed by atoms with Crippen LogP contribution in [0.25, 0.3) is 22.5 Å². The van der Waals surface area contributed by atoms with E-state index in [9.17, 15) is 13.2 Å². The van der Waals surface area contributed by atoms with Crippen LogP contribution in [-0.2, 0) is 22.9 Å². The van der Waals surface area contributed by atoms with Gasteiger partial charge in [-0.1, -0.05) is 86.8 Å². The number of aromatic nitrogens is 4. The molecule has 9 nitrogen and oxygen atoms in total. The van der Waals surface area contributed by atoms with E-state index in [1.54, 1.807) is 6.92 Å². The number of aryl methyl sites for hydroxylation is 2. The Kier molecular flexibility index (Phi) is 8.73. The van der Waals surface area contributed by atoms with Crippen molar-refractivity contribution in [1.82, 2.24) is 20.1 Å². The summed E-state index contributed by atoms with van der Waals surface area (Å²) >= 11 is 0. The van der Waals surface area contributed by atoms with Gasteiger partial charge in [-0.3, -0.25) is 14.2 Å². The number of unbranched alkanes of at least 4 members (excludes halogenated alkanes) is 2. The van der Waals surface area contributed by atoms with Crippen LogP contribution in [0.5, 0.6) is 0 Å². The molecule has 2 heterocycles. The average Bonchev–Trinajstić information content (AvgIpc) is 3.32. The van der Waals surface area contributed by atoms with E-state index in [0.29, 0.717) is 30.3 Å². The molecular weight excluding hydrogens is 502 g/mol. The summed E-state index contributed by atoms with van der Waals surface area (Å²) in [5.41, 5.74) is 5.24. The number of H-pyrrole nitrogens is 1. The Morgan fingerprint density at radius 3 is 2.34 bits per heavy atom. The lowest BCUT2D eigenvalue weighted by atomic mass is 9.96. The zero-order chi connectivity index (χ0) is 27.1. The van der Waals surface area contributed by atoms with Crippen molar-refractivity contribution >= 4 is 15.8 Å². The quantitative estimate of drug-likeness (QED) is 0.236. The van der Waals surface area contributed by atoms with Crippen molar-refractivity contribution in [2.45, 2.75) is 59.3 Å². The summed E-state index contributed by atoms with van der Waals surface area (Å²) in [5, 5.41) is 3.83. The standard InChI is InChI=1S/C28H33N5O4S/c1-4-6-9-17-38(35,36)33-27-24(25(10-5-2)29-19(3)30-27)18-20-13-15-21(16-14-20)22-11-7-8-12-23(22)26-31-28(34)37-32-26/h7-8,11-16H,4-6,9-10,17-18H2,1-3H3,(H,29,30,33)(H,31,32,34). The summed E-state index contributed by atoms with van der Waals surface area (Å²) in [7, 11) is -3.52. The predicted octanol–water partition coefficient (Wildman–Crippen LogP) is 5.27. The maximum Gasteiger partial charge on any atom is 0.439 e. The fraction of sp³-hybridized carbons (Fsp3) is 0.357. The average molecular weight is 536 g/mol. The fourth-order valence-corrected chi connectivity index (χ4v) is 5.55. The normalized spacial score (nSPS) is 11.6. The number of aromatic amines is 1. The highest BCUT2D eigenvalue weighted by Crippen LogP contribution is 2.31. The van der Waals surface area contributed by atoms with E-state index < -0.39 is 15.8 Å². The molecule has 0 radical (unpaired) electrons. The molecule has 0 saturated carbocycles. The van der Waals surface area contributed by atoms with E-state index in [-0.39, 0.29) is 5.75 Å². The van der Waals surface area contributed by atoms with Gasteiger partial charge in [0.05, 0.1) is 5.75 Å². The summed E-state index contributed by atoms with van der Waals surface area (Å²) in [6.07, 6.45) is 4.51. The lowest BCUT2D eigenvalue weighted by Gasteiger charge is -2.16. The number of rotatable bonds is 12. The number of nitrogens with one attached hydrogen (secondary N) is 2. The van der Waals surface area contributed by atoms with Gasteiger partial charge in [0.1, 0.15) is 11.6 Å². The lowest BCUT2D eigenvalue weighted by molar-refractivity contribution is 0.388. The zero-order valence-electron chi connectivity index (χ0n) is 22.0. The molecule has 200 valence electrons. The van der Waals surface area contributed by atoms with Crippen LogP contribution in [0.1, 0.15) is 62.2 Å². The Bertz CT molecular complexity index is 1540. The minimum atomic E-state index is -3.52. The van der Waals surface area contributed by atoms with Crippen LogP contribution in [-0.4, -0.2) is 34.3 Å². The maximum atomic E-state index is 12.8. The van der Waals surface area contributed by atoms with E-state index >= 15 is 0 Å². The Labute approximate surface area is 222 Å². The highest BCUT2D eigenvalue weighted by Gasteiger charge is 2.19.